The van der Waals surface area contributed by atoms with Crippen molar-refractivity contribution in [3.05, 3.63) is 12.7 Å². The molecule has 0 N–H and O–H groups in total. The van der Waals surface area contributed by atoms with E-state index in [4.69, 9.17) is 14.2 Å². The molecule has 1 amide bonds. The molecule has 5 nitrogen and oxygen atoms in total. The molecule has 0 bridgehead atoms. The Hall–Kier alpha value is -1.07. The highest BCUT2D eigenvalue weighted by molar-refractivity contribution is 5.70. The second-order valence-corrected chi connectivity index (χ2v) is 7.13. The molecule has 1 aliphatic rings. The van der Waals surface area contributed by atoms with Gasteiger partial charge < -0.3 is 14.2 Å². The molecule has 21 heavy (non-hydrogen) atoms. The van der Waals surface area contributed by atoms with E-state index < -0.39 is 16.9 Å². The molecule has 0 aliphatic carbocycles. The van der Waals surface area contributed by atoms with Gasteiger partial charge in [-0.15, -0.1) is 6.58 Å². The van der Waals surface area contributed by atoms with Crippen LogP contribution in [0.3, 0.4) is 0 Å². The van der Waals surface area contributed by atoms with Crippen LogP contribution in [0.15, 0.2) is 12.7 Å². The lowest BCUT2D eigenvalue weighted by atomic mass is 9.91. The van der Waals surface area contributed by atoms with Crippen LogP contribution in [0.25, 0.3) is 0 Å². The molecule has 1 saturated heterocycles. The largest absolute Gasteiger partial charge is 0.444 e. The quantitative estimate of drug-likeness (QED) is 0.747. The van der Waals surface area contributed by atoms with Gasteiger partial charge in [-0.3, -0.25) is 4.90 Å². The van der Waals surface area contributed by atoms with Gasteiger partial charge in [0.15, 0.2) is 0 Å². The van der Waals surface area contributed by atoms with Gasteiger partial charge in [0, 0.05) is 7.11 Å². The first-order chi connectivity index (χ1) is 9.47. The van der Waals surface area contributed by atoms with E-state index in [2.05, 4.69) is 6.58 Å². The van der Waals surface area contributed by atoms with Gasteiger partial charge in [-0.2, -0.15) is 0 Å². The van der Waals surface area contributed by atoms with Gasteiger partial charge in [-0.05, 0) is 48.0 Å². The lowest BCUT2D eigenvalue weighted by molar-refractivity contribution is -0.0868. The molecule has 1 rings (SSSR count). The van der Waals surface area contributed by atoms with Crippen LogP contribution in [0.4, 0.5) is 4.79 Å². The second-order valence-electron chi connectivity index (χ2n) is 7.13. The lowest BCUT2D eigenvalue weighted by Gasteiger charge is -2.41. The van der Waals surface area contributed by atoms with Crippen molar-refractivity contribution in [1.82, 2.24) is 4.90 Å². The fraction of sp³-hybridized carbons (Fsp3) is 0.812. The molecule has 1 heterocycles. The Morgan fingerprint density at radius 3 is 2.43 bits per heavy atom. The molecule has 0 saturated carbocycles. The normalized spacial score (nSPS) is 24.5. The molecule has 0 radical (unpaired) electrons. The van der Waals surface area contributed by atoms with Gasteiger partial charge >= 0.3 is 6.09 Å². The molecule has 1 aliphatic heterocycles. The molecular formula is C16H29NO4. The fourth-order valence-electron chi connectivity index (χ4n) is 2.55. The van der Waals surface area contributed by atoms with Crippen molar-refractivity contribution < 1.29 is 19.0 Å². The molecule has 0 aromatic heterocycles. The molecule has 122 valence electrons. The van der Waals surface area contributed by atoms with Gasteiger partial charge in [-0.25, -0.2) is 4.79 Å². The predicted octanol–water partition coefficient (Wildman–Crippen LogP) is 3.34. The molecule has 1 fully saturated rings. The van der Waals surface area contributed by atoms with E-state index in [1.807, 2.05) is 41.5 Å². The Labute approximate surface area is 128 Å². The van der Waals surface area contributed by atoms with Crippen molar-refractivity contribution in [3.8, 4) is 0 Å². The van der Waals surface area contributed by atoms with Crippen molar-refractivity contribution in [2.24, 2.45) is 0 Å². The number of hydrogen-bond acceptors (Lipinski definition) is 4. The average molecular weight is 299 g/mol. The number of amides is 1. The first-order valence-electron chi connectivity index (χ1n) is 7.29. The standard InChI is InChI=1S/C16H29NO4/c1-9-10-16(7,19-8)12-11-20-15(5,6)17(12)13(18)21-14(2,3)4/h9,12H,1,10-11H2,2-8H3/t12-,16+/m1/s1. The zero-order valence-corrected chi connectivity index (χ0v) is 14.4. The van der Waals surface area contributed by atoms with Gasteiger partial charge in [0.05, 0.1) is 18.2 Å². The first kappa shape index (κ1) is 18.0. The fourth-order valence-corrected chi connectivity index (χ4v) is 2.55. The van der Waals surface area contributed by atoms with E-state index >= 15 is 0 Å². The van der Waals surface area contributed by atoms with Crippen LogP contribution in [0.5, 0.6) is 0 Å². The molecule has 0 aromatic carbocycles. The van der Waals surface area contributed by atoms with Gasteiger partial charge in [0.1, 0.15) is 11.3 Å². The molecule has 0 spiro atoms. The summed E-state index contributed by atoms with van der Waals surface area (Å²) < 4.78 is 17.0. The number of carbonyl (C=O) groups is 1. The number of carbonyl (C=O) groups excluding carboxylic acids is 1. The minimum atomic E-state index is -0.728. The smallest absolute Gasteiger partial charge is 0.413 e. The lowest BCUT2D eigenvalue weighted by Crippen LogP contribution is -2.57. The number of rotatable bonds is 4. The highest BCUT2D eigenvalue weighted by Crippen LogP contribution is 2.37. The van der Waals surface area contributed by atoms with Crippen LogP contribution in [-0.2, 0) is 14.2 Å². The number of nitrogens with zero attached hydrogens (tertiary/aromatic N) is 1. The van der Waals surface area contributed by atoms with E-state index in [1.165, 1.54) is 0 Å². The molecule has 5 heteroatoms. The third-order valence-corrected chi connectivity index (χ3v) is 3.80. The summed E-state index contributed by atoms with van der Waals surface area (Å²) in [7, 11) is 1.64. The van der Waals surface area contributed by atoms with Crippen LogP contribution in [0.1, 0.15) is 48.0 Å². The zero-order chi connectivity index (χ0) is 16.5. The average Bonchev–Trinajstić information content (AvgIpc) is 2.63. The summed E-state index contributed by atoms with van der Waals surface area (Å²) in [6, 6.07) is -0.231. The van der Waals surface area contributed by atoms with Crippen molar-refractivity contribution in [3.63, 3.8) is 0 Å². The van der Waals surface area contributed by atoms with Crippen molar-refractivity contribution in [1.29, 1.82) is 0 Å². The predicted molar refractivity (Wildman–Crippen MR) is 82.1 cm³/mol. The minimum Gasteiger partial charge on any atom is -0.444 e. The maximum atomic E-state index is 12.6. The third kappa shape index (κ3) is 3.98. The highest BCUT2D eigenvalue weighted by atomic mass is 16.6. The van der Waals surface area contributed by atoms with E-state index in [0.717, 1.165) is 0 Å². The van der Waals surface area contributed by atoms with E-state index in [-0.39, 0.29) is 12.1 Å². The zero-order valence-electron chi connectivity index (χ0n) is 14.4. The van der Waals surface area contributed by atoms with Crippen LogP contribution < -0.4 is 0 Å². The third-order valence-electron chi connectivity index (χ3n) is 3.80. The van der Waals surface area contributed by atoms with Crippen LogP contribution in [0.2, 0.25) is 0 Å². The monoisotopic (exact) mass is 299 g/mol. The van der Waals surface area contributed by atoms with Gasteiger partial charge in [0.25, 0.3) is 0 Å². The van der Waals surface area contributed by atoms with Crippen LogP contribution >= 0.6 is 0 Å². The molecule has 2 atom stereocenters. The van der Waals surface area contributed by atoms with Crippen LogP contribution in [-0.4, -0.2) is 47.7 Å². The topological polar surface area (TPSA) is 48.0 Å². The summed E-state index contributed by atoms with van der Waals surface area (Å²) >= 11 is 0. The van der Waals surface area contributed by atoms with Gasteiger partial charge in [0.2, 0.25) is 0 Å². The SMILES string of the molecule is C=CC[C@](C)(OC)[C@H]1COC(C)(C)N1C(=O)OC(C)(C)C. The summed E-state index contributed by atoms with van der Waals surface area (Å²) in [5, 5.41) is 0. The maximum absolute atomic E-state index is 12.6. The Bertz CT molecular complexity index is 400. The van der Waals surface area contributed by atoms with E-state index in [0.29, 0.717) is 13.0 Å². The summed E-state index contributed by atoms with van der Waals surface area (Å²) in [5.41, 5.74) is -1.84. The number of methoxy groups -OCH3 is 1. The summed E-state index contributed by atoms with van der Waals surface area (Å²) in [4.78, 5) is 14.2. The van der Waals surface area contributed by atoms with Crippen molar-refractivity contribution >= 4 is 6.09 Å². The van der Waals surface area contributed by atoms with Crippen molar-refractivity contribution in [2.45, 2.75) is 70.9 Å². The Balaban J connectivity index is 3.09. The molecule has 0 aromatic rings. The summed E-state index contributed by atoms with van der Waals surface area (Å²) in [6.07, 6.45) is 2.02. The maximum Gasteiger partial charge on any atom is 0.413 e. The Morgan fingerprint density at radius 2 is 2.00 bits per heavy atom. The van der Waals surface area contributed by atoms with Gasteiger partial charge in [-0.1, -0.05) is 6.08 Å². The van der Waals surface area contributed by atoms with Crippen LogP contribution in [0, 0.1) is 0 Å². The summed E-state index contributed by atoms with van der Waals surface area (Å²) in [5.74, 6) is 0. The summed E-state index contributed by atoms with van der Waals surface area (Å²) in [6.45, 7) is 15.4. The Morgan fingerprint density at radius 1 is 1.43 bits per heavy atom. The second kappa shape index (κ2) is 5.97. The molecular weight excluding hydrogens is 270 g/mol. The highest BCUT2D eigenvalue weighted by Gasteiger charge is 2.52. The number of hydrogen-bond donors (Lipinski definition) is 0. The first-order valence-corrected chi connectivity index (χ1v) is 7.29. The van der Waals surface area contributed by atoms with E-state index in [9.17, 15) is 4.79 Å². The number of ether oxygens (including phenoxy) is 3. The van der Waals surface area contributed by atoms with Crippen molar-refractivity contribution in [2.75, 3.05) is 13.7 Å². The molecule has 0 unspecified atom stereocenters. The van der Waals surface area contributed by atoms with E-state index in [1.54, 1.807) is 18.1 Å². The minimum absolute atomic E-state index is 0.231. The Kier molecular flexibility index (Phi) is 5.11.